The largest absolute Gasteiger partial charge is 0.330 e. The van der Waals surface area contributed by atoms with E-state index in [-0.39, 0.29) is 0 Å². The van der Waals surface area contributed by atoms with Gasteiger partial charge in [-0.2, -0.15) is 0 Å². The molecule has 5 heteroatoms. The predicted molar refractivity (Wildman–Crippen MR) is 76.7 cm³/mol. The molecule has 0 aliphatic carbocycles. The first-order valence-corrected chi connectivity index (χ1v) is 7.71. The quantitative estimate of drug-likeness (QED) is 0.849. The lowest BCUT2D eigenvalue weighted by atomic mass is 9.96. The van der Waals surface area contributed by atoms with Crippen LogP contribution in [0.5, 0.6) is 0 Å². The smallest absolute Gasteiger partial charge is 0.0960 e. The summed E-state index contributed by atoms with van der Waals surface area (Å²) in [6.07, 6.45) is 3.53. The second kappa shape index (κ2) is 6.61. The van der Waals surface area contributed by atoms with Gasteiger partial charge in [0.1, 0.15) is 0 Å². The van der Waals surface area contributed by atoms with Crippen LogP contribution in [0.4, 0.5) is 0 Å². The number of nitrogens with two attached hydrogens (primary N) is 2. The minimum atomic E-state index is 0.558. The number of rotatable bonds is 5. The molecule has 0 amide bonds. The minimum absolute atomic E-state index is 0.558. The fourth-order valence-electron chi connectivity index (χ4n) is 2.61. The zero-order chi connectivity index (χ0) is 13.0. The number of piperidine rings is 1. The number of likely N-dealkylation sites (tertiary alicyclic amines) is 1. The maximum atomic E-state index is 5.63. The number of thiazole rings is 1. The van der Waals surface area contributed by atoms with E-state index in [1.54, 1.807) is 11.3 Å². The highest BCUT2D eigenvalue weighted by molar-refractivity contribution is 7.09. The fourth-order valence-corrected chi connectivity index (χ4v) is 3.62. The lowest BCUT2D eigenvalue weighted by molar-refractivity contribution is 0.156. The van der Waals surface area contributed by atoms with Crippen molar-refractivity contribution in [3.63, 3.8) is 0 Å². The van der Waals surface area contributed by atoms with Gasteiger partial charge in [0.05, 0.1) is 10.7 Å². The summed E-state index contributed by atoms with van der Waals surface area (Å²) in [7, 11) is 0. The van der Waals surface area contributed by atoms with Gasteiger partial charge in [0.2, 0.25) is 0 Å². The van der Waals surface area contributed by atoms with Gasteiger partial charge >= 0.3 is 0 Å². The van der Waals surface area contributed by atoms with Crippen LogP contribution in [0.2, 0.25) is 0 Å². The Hall–Kier alpha value is -0.490. The molecule has 1 unspecified atom stereocenters. The van der Waals surface area contributed by atoms with Gasteiger partial charge in [-0.15, -0.1) is 11.3 Å². The standard InChI is InChI=1S/C13H24N4S/c1-10(2-5-14)17-6-3-11(4-7-17)13-16-12(8-15)9-18-13/h9-11H,2-8,14-15H2,1H3. The van der Waals surface area contributed by atoms with Crippen molar-refractivity contribution in [3.05, 3.63) is 16.1 Å². The van der Waals surface area contributed by atoms with Gasteiger partial charge in [-0.25, -0.2) is 4.98 Å². The molecule has 0 aromatic carbocycles. The first-order chi connectivity index (χ1) is 8.74. The molecule has 0 spiro atoms. The molecule has 1 saturated heterocycles. The first kappa shape index (κ1) is 13.9. The third kappa shape index (κ3) is 3.29. The molecule has 4 nitrogen and oxygen atoms in total. The van der Waals surface area contributed by atoms with E-state index in [0.29, 0.717) is 18.5 Å². The van der Waals surface area contributed by atoms with Gasteiger partial charge in [0, 0.05) is 23.9 Å². The van der Waals surface area contributed by atoms with Crippen LogP contribution < -0.4 is 11.5 Å². The van der Waals surface area contributed by atoms with Crippen molar-refractivity contribution in [2.24, 2.45) is 11.5 Å². The molecule has 1 aromatic rings. The molecule has 2 heterocycles. The first-order valence-electron chi connectivity index (χ1n) is 6.83. The predicted octanol–water partition coefficient (Wildman–Crippen LogP) is 1.52. The summed E-state index contributed by atoms with van der Waals surface area (Å²) < 4.78 is 0. The lowest BCUT2D eigenvalue weighted by Gasteiger charge is -2.35. The summed E-state index contributed by atoms with van der Waals surface area (Å²) in [5.41, 5.74) is 12.3. The van der Waals surface area contributed by atoms with Gasteiger partial charge in [-0.1, -0.05) is 0 Å². The van der Waals surface area contributed by atoms with E-state index >= 15 is 0 Å². The molecule has 102 valence electrons. The highest BCUT2D eigenvalue weighted by Crippen LogP contribution is 2.31. The van der Waals surface area contributed by atoms with Crippen LogP contribution in [0.25, 0.3) is 0 Å². The Morgan fingerprint density at radius 2 is 2.17 bits per heavy atom. The van der Waals surface area contributed by atoms with Gasteiger partial charge in [0.25, 0.3) is 0 Å². The average molecular weight is 268 g/mol. The molecule has 1 fully saturated rings. The molecule has 18 heavy (non-hydrogen) atoms. The summed E-state index contributed by atoms with van der Waals surface area (Å²) >= 11 is 1.77. The highest BCUT2D eigenvalue weighted by Gasteiger charge is 2.25. The molecule has 0 saturated carbocycles. The summed E-state index contributed by atoms with van der Waals surface area (Å²) in [4.78, 5) is 7.17. The lowest BCUT2D eigenvalue weighted by Crippen LogP contribution is -2.40. The van der Waals surface area contributed by atoms with E-state index < -0.39 is 0 Å². The van der Waals surface area contributed by atoms with E-state index in [2.05, 4.69) is 22.2 Å². The van der Waals surface area contributed by atoms with Crippen molar-refractivity contribution in [2.75, 3.05) is 19.6 Å². The molecular formula is C13H24N4S. The van der Waals surface area contributed by atoms with Gasteiger partial charge in [-0.3, -0.25) is 0 Å². The summed E-state index contributed by atoms with van der Waals surface area (Å²) in [6.45, 7) is 5.96. The van der Waals surface area contributed by atoms with Crippen molar-refractivity contribution < 1.29 is 0 Å². The summed E-state index contributed by atoms with van der Waals surface area (Å²) in [5.74, 6) is 0.636. The van der Waals surface area contributed by atoms with Gasteiger partial charge in [0.15, 0.2) is 0 Å². The molecule has 1 atom stereocenters. The highest BCUT2D eigenvalue weighted by atomic mass is 32.1. The molecule has 1 aliphatic heterocycles. The third-order valence-corrected chi connectivity index (χ3v) is 4.92. The van der Waals surface area contributed by atoms with Crippen molar-refractivity contribution in [1.82, 2.24) is 9.88 Å². The molecule has 1 aromatic heterocycles. The van der Waals surface area contributed by atoms with Gasteiger partial charge in [-0.05, 0) is 45.8 Å². The Labute approximate surface area is 113 Å². The van der Waals surface area contributed by atoms with Crippen LogP contribution in [0.1, 0.15) is 42.8 Å². The SMILES string of the molecule is CC(CCN)N1CCC(c2nc(CN)cs2)CC1. The summed E-state index contributed by atoms with van der Waals surface area (Å²) in [6, 6.07) is 0.617. The van der Waals surface area contributed by atoms with Crippen LogP contribution in [0, 0.1) is 0 Å². The Morgan fingerprint density at radius 1 is 1.44 bits per heavy atom. The van der Waals surface area contributed by atoms with Gasteiger partial charge < -0.3 is 16.4 Å². The van der Waals surface area contributed by atoms with Crippen molar-refractivity contribution in [1.29, 1.82) is 0 Å². The fraction of sp³-hybridized carbons (Fsp3) is 0.769. The van der Waals surface area contributed by atoms with Crippen LogP contribution in [-0.4, -0.2) is 35.6 Å². The third-order valence-electron chi connectivity index (χ3n) is 3.87. The molecule has 1 aliphatic rings. The zero-order valence-corrected chi connectivity index (χ0v) is 12.0. The number of hydrogen-bond acceptors (Lipinski definition) is 5. The van der Waals surface area contributed by atoms with Crippen molar-refractivity contribution >= 4 is 11.3 Å². The van der Waals surface area contributed by atoms with Crippen LogP contribution >= 0.6 is 11.3 Å². The van der Waals surface area contributed by atoms with Crippen LogP contribution in [0.3, 0.4) is 0 Å². The number of nitrogens with zero attached hydrogens (tertiary/aromatic N) is 2. The molecule has 4 N–H and O–H groups in total. The van der Waals surface area contributed by atoms with Crippen LogP contribution in [0.15, 0.2) is 5.38 Å². The van der Waals surface area contributed by atoms with Crippen molar-refractivity contribution in [2.45, 2.75) is 44.7 Å². The van der Waals surface area contributed by atoms with Crippen molar-refractivity contribution in [3.8, 4) is 0 Å². The number of aromatic nitrogens is 1. The maximum absolute atomic E-state index is 5.63. The molecular weight excluding hydrogens is 244 g/mol. The molecule has 0 radical (unpaired) electrons. The average Bonchev–Trinajstić information content (AvgIpc) is 2.88. The monoisotopic (exact) mass is 268 g/mol. The minimum Gasteiger partial charge on any atom is -0.330 e. The van der Waals surface area contributed by atoms with E-state index in [9.17, 15) is 0 Å². The maximum Gasteiger partial charge on any atom is 0.0960 e. The Balaban J connectivity index is 1.86. The van der Waals surface area contributed by atoms with E-state index in [0.717, 1.165) is 18.7 Å². The Bertz CT molecular complexity index is 358. The topological polar surface area (TPSA) is 68.2 Å². The normalized spacial score (nSPS) is 20.2. The van der Waals surface area contributed by atoms with E-state index in [4.69, 9.17) is 11.5 Å². The molecule has 2 rings (SSSR count). The molecule has 0 bridgehead atoms. The zero-order valence-electron chi connectivity index (χ0n) is 11.1. The Kier molecular flexibility index (Phi) is 5.12. The second-order valence-electron chi connectivity index (χ2n) is 5.12. The van der Waals surface area contributed by atoms with E-state index in [1.165, 1.54) is 30.9 Å². The van der Waals surface area contributed by atoms with Crippen LogP contribution in [-0.2, 0) is 6.54 Å². The second-order valence-corrected chi connectivity index (χ2v) is 6.01. The summed E-state index contributed by atoms with van der Waals surface area (Å²) in [5, 5.41) is 3.38. The number of hydrogen-bond donors (Lipinski definition) is 2. The Morgan fingerprint density at radius 3 is 2.72 bits per heavy atom. The van der Waals surface area contributed by atoms with E-state index in [1.807, 2.05) is 0 Å².